The first-order valence-corrected chi connectivity index (χ1v) is 11.8. The van der Waals surface area contributed by atoms with Crippen LogP contribution in [0, 0.1) is 11.8 Å². The van der Waals surface area contributed by atoms with Crippen molar-refractivity contribution in [3.8, 4) is 0 Å². The van der Waals surface area contributed by atoms with Crippen molar-refractivity contribution in [1.29, 1.82) is 0 Å². The Morgan fingerprint density at radius 3 is 2.71 bits per heavy atom. The highest BCUT2D eigenvalue weighted by Crippen LogP contribution is 2.30. The Bertz CT molecular complexity index is 805. The molecule has 1 aliphatic carbocycles. The average molecular weight is 474 g/mol. The summed E-state index contributed by atoms with van der Waals surface area (Å²) in [4.78, 5) is 25.0. The van der Waals surface area contributed by atoms with E-state index < -0.39 is 6.09 Å². The van der Waals surface area contributed by atoms with E-state index in [1.165, 1.54) is 0 Å². The van der Waals surface area contributed by atoms with Crippen LogP contribution in [-0.4, -0.2) is 57.9 Å². The highest BCUT2D eigenvalue weighted by atomic mass is 16.7. The Kier molecular flexibility index (Phi) is 11.3. The van der Waals surface area contributed by atoms with Gasteiger partial charge in [0.25, 0.3) is 0 Å². The molecule has 3 rings (SSSR count). The van der Waals surface area contributed by atoms with Crippen molar-refractivity contribution in [3.05, 3.63) is 60.2 Å². The van der Waals surface area contributed by atoms with Crippen LogP contribution in [0.1, 0.15) is 31.2 Å². The molecule has 1 aromatic rings. The molecule has 2 aliphatic rings. The molecule has 1 aromatic carbocycles. The normalized spacial score (nSPS) is 22.8. The number of hydrogen-bond acceptors (Lipinski definition) is 7. The van der Waals surface area contributed by atoms with Gasteiger partial charge in [0.2, 0.25) is 0 Å². The molecule has 0 radical (unpaired) electrons. The Balaban J connectivity index is 1.57. The summed E-state index contributed by atoms with van der Waals surface area (Å²) in [6.45, 7) is 2.11. The minimum atomic E-state index is -0.491. The molecule has 2 unspecified atom stereocenters. The lowest BCUT2D eigenvalue weighted by Crippen LogP contribution is -2.43. The van der Waals surface area contributed by atoms with Crippen molar-refractivity contribution >= 4 is 11.9 Å². The molecule has 0 aromatic heterocycles. The first-order valence-electron chi connectivity index (χ1n) is 11.8. The number of amides is 1. The van der Waals surface area contributed by atoms with Gasteiger partial charge in [-0.05, 0) is 30.4 Å². The van der Waals surface area contributed by atoms with E-state index in [4.69, 9.17) is 23.7 Å². The van der Waals surface area contributed by atoms with E-state index in [1.54, 1.807) is 13.2 Å². The first kappa shape index (κ1) is 26.1. The summed E-state index contributed by atoms with van der Waals surface area (Å²) in [6.07, 6.45) is 9.26. The Morgan fingerprint density at radius 2 is 1.94 bits per heavy atom. The second-order valence-electron chi connectivity index (χ2n) is 8.37. The zero-order chi connectivity index (χ0) is 24.0. The van der Waals surface area contributed by atoms with Gasteiger partial charge in [0.1, 0.15) is 13.4 Å². The van der Waals surface area contributed by atoms with Crippen molar-refractivity contribution in [1.82, 2.24) is 5.32 Å². The molecule has 8 nitrogen and oxygen atoms in total. The maximum atomic E-state index is 12.5. The third-order valence-electron chi connectivity index (χ3n) is 5.89. The number of methoxy groups -OCH3 is 1. The largest absolute Gasteiger partial charge is 0.445 e. The minimum absolute atomic E-state index is 0.00781. The van der Waals surface area contributed by atoms with E-state index in [-0.39, 0.29) is 43.4 Å². The highest BCUT2D eigenvalue weighted by Gasteiger charge is 2.30. The van der Waals surface area contributed by atoms with Gasteiger partial charge in [-0.25, -0.2) is 4.79 Å². The quantitative estimate of drug-likeness (QED) is 0.202. The molecular weight excluding hydrogens is 438 g/mol. The fourth-order valence-corrected chi connectivity index (χ4v) is 4.12. The molecule has 3 atom stereocenters. The molecule has 0 spiro atoms. The zero-order valence-corrected chi connectivity index (χ0v) is 19.7. The maximum absolute atomic E-state index is 12.5. The number of rotatable bonds is 13. The van der Waals surface area contributed by atoms with Crippen LogP contribution in [0.25, 0.3) is 0 Å². The molecule has 1 aliphatic heterocycles. The third kappa shape index (κ3) is 9.02. The summed E-state index contributed by atoms with van der Waals surface area (Å²) >= 11 is 0. The molecule has 34 heavy (non-hydrogen) atoms. The summed E-state index contributed by atoms with van der Waals surface area (Å²) in [7, 11) is 1.59. The van der Waals surface area contributed by atoms with Gasteiger partial charge in [0.05, 0.1) is 19.3 Å². The lowest BCUT2D eigenvalue weighted by atomic mass is 9.77. The standard InChI is InChI=1S/C26H35NO7/c1-30-19-31-15-14-21-8-5-9-24(27-26(29)34-18-20-6-3-2-4-7-20)23(21)12-10-22(28)11-13-25-32-16-17-33-25/h2-7,9-10,12,21,23-25H,8,11,13-19H2,1H3,(H,27,29)/b12-10+/t21-,23?,24?/m0/s1. The minimum Gasteiger partial charge on any atom is -0.445 e. The number of ketones is 1. The second-order valence-corrected chi connectivity index (χ2v) is 8.37. The van der Waals surface area contributed by atoms with Crippen LogP contribution in [0.4, 0.5) is 4.79 Å². The number of carbonyl (C=O) groups excluding carboxylic acids is 2. The predicted molar refractivity (Wildman–Crippen MR) is 126 cm³/mol. The number of benzene rings is 1. The van der Waals surface area contributed by atoms with Crippen LogP contribution < -0.4 is 5.32 Å². The van der Waals surface area contributed by atoms with Crippen LogP contribution >= 0.6 is 0 Å². The van der Waals surface area contributed by atoms with E-state index in [1.807, 2.05) is 42.5 Å². The third-order valence-corrected chi connectivity index (χ3v) is 5.89. The molecule has 1 N–H and O–H groups in total. The fraction of sp³-hybridized carbons (Fsp3) is 0.538. The van der Waals surface area contributed by atoms with Gasteiger partial charge in [-0.3, -0.25) is 4.79 Å². The molecular formula is C26H35NO7. The maximum Gasteiger partial charge on any atom is 0.407 e. The topological polar surface area (TPSA) is 92.3 Å². The van der Waals surface area contributed by atoms with E-state index in [0.717, 1.165) is 18.4 Å². The zero-order valence-electron chi connectivity index (χ0n) is 19.7. The highest BCUT2D eigenvalue weighted by molar-refractivity contribution is 5.89. The van der Waals surface area contributed by atoms with E-state index in [9.17, 15) is 9.59 Å². The van der Waals surface area contributed by atoms with E-state index >= 15 is 0 Å². The predicted octanol–water partition coefficient (Wildman–Crippen LogP) is 3.76. The lowest BCUT2D eigenvalue weighted by molar-refractivity contribution is -0.117. The van der Waals surface area contributed by atoms with Crippen LogP contribution in [0.15, 0.2) is 54.6 Å². The number of carbonyl (C=O) groups is 2. The molecule has 0 saturated carbocycles. The summed E-state index contributed by atoms with van der Waals surface area (Å²) in [5.41, 5.74) is 0.919. The van der Waals surface area contributed by atoms with Crippen LogP contribution in [0.2, 0.25) is 0 Å². The van der Waals surface area contributed by atoms with E-state index in [0.29, 0.717) is 32.7 Å². The molecule has 1 saturated heterocycles. The number of ether oxygens (including phenoxy) is 5. The number of hydrogen-bond donors (Lipinski definition) is 1. The monoisotopic (exact) mass is 473 g/mol. The Hall–Kier alpha value is -2.52. The number of nitrogens with one attached hydrogen (secondary N) is 1. The Labute approximate surface area is 201 Å². The molecule has 8 heteroatoms. The summed E-state index contributed by atoms with van der Waals surface area (Å²) < 4.78 is 26.6. The van der Waals surface area contributed by atoms with Crippen LogP contribution in [-0.2, 0) is 35.1 Å². The second kappa shape index (κ2) is 14.7. The van der Waals surface area contributed by atoms with Crippen LogP contribution in [0.3, 0.4) is 0 Å². The number of alkyl carbamates (subject to hydrolysis) is 1. The van der Waals surface area contributed by atoms with Gasteiger partial charge >= 0.3 is 6.09 Å². The average Bonchev–Trinajstić information content (AvgIpc) is 3.38. The fourth-order valence-electron chi connectivity index (χ4n) is 4.12. The van der Waals surface area contributed by atoms with Crippen molar-refractivity contribution in [3.63, 3.8) is 0 Å². The van der Waals surface area contributed by atoms with Gasteiger partial charge in [0.15, 0.2) is 12.1 Å². The summed E-state index contributed by atoms with van der Waals surface area (Å²) in [5.74, 6) is 0.142. The molecule has 186 valence electrons. The van der Waals surface area contributed by atoms with Gasteiger partial charge in [-0.2, -0.15) is 0 Å². The van der Waals surface area contributed by atoms with Crippen molar-refractivity contribution < 1.29 is 33.3 Å². The van der Waals surface area contributed by atoms with Crippen molar-refractivity contribution in [2.75, 3.05) is 33.7 Å². The Morgan fingerprint density at radius 1 is 1.15 bits per heavy atom. The van der Waals surface area contributed by atoms with E-state index in [2.05, 4.69) is 11.4 Å². The number of allylic oxidation sites excluding steroid dienone is 2. The molecule has 1 heterocycles. The van der Waals surface area contributed by atoms with Crippen molar-refractivity contribution in [2.45, 2.75) is 44.6 Å². The van der Waals surface area contributed by atoms with Gasteiger partial charge in [-0.1, -0.05) is 48.6 Å². The van der Waals surface area contributed by atoms with Crippen LogP contribution in [0.5, 0.6) is 0 Å². The van der Waals surface area contributed by atoms with Gasteiger partial charge < -0.3 is 29.0 Å². The summed E-state index contributed by atoms with van der Waals surface area (Å²) in [5, 5.41) is 2.96. The molecule has 0 bridgehead atoms. The van der Waals surface area contributed by atoms with Crippen molar-refractivity contribution in [2.24, 2.45) is 11.8 Å². The molecule has 1 fully saturated rings. The SMILES string of the molecule is COCOCC[C@@H]1CC=CC(NC(=O)OCc2ccccc2)C1/C=C/C(=O)CCC1OCCO1. The smallest absolute Gasteiger partial charge is 0.407 e. The van der Waals surface area contributed by atoms with Gasteiger partial charge in [-0.15, -0.1) is 0 Å². The first-order chi connectivity index (χ1) is 16.7. The molecule has 1 amide bonds. The lowest BCUT2D eigenvalue weighted by Gasteiger charge is -2.33. The summed E-state index contributed by atoms with van der Waals surface area (Å²) in [6, 6.07) is 9.25. The van der Waals surface area contributed by atoms with Gasteiger partial charge in [0, 0.05) is 32.5 Å².